The summed E-state index contributed by atoms with van der Waals surface area (Å²) in [4.78, 5) is 17.9. The molecular weight excluding hydrogens is 499 g/mol. The van der Waals surface area contributed by atoms with E-state index in [-0.39, 0.29) is 24.0 Å². The molecule has 3 aromatic rings. The first kappa shape index (κ1) is 21.6. The molecule has 1 aliphatic rings. The molecule has 1 fully saturated rings. The summed E-state index contributed by atoms with van der Waals surface area (Å²) in [5, 5.41) is 3.08. The second kappa shape index (κ2) is 10.1. The highest BCUT2D eigenvalue weighted by Crippen LogP contribution is 2.20. The number of anilines is 1. The van der Waals surface area contributed by atoms with Gasteiger partial charge in [0.05, 0.1) is 5.69 Å². The number of nitrogens with zero attached hydrogens (tertiary/aromatic N) is 5. The van der Waals surface area contributed by atoms with Crippen molar-refractivity contribution >= 4 is 46.4 Å². The molecule has 2 N–H and O–H groups in total. The Morgan fingerprint density at radius 3 is 2.66 bits per heavy atom. The fourth-order valence-electron chi connectivity index (χ4n) is 3.13. The molecule has 0 aliphatic carbocycles. The third-order valence-corrected chi connectivity index (χ3v) is 5.62. The van der Waals surface area contributed by atoms with Gasteiger partial charge in [-0.05, 0) is 19.1 Å². The molecule has 1 saturated heterocycles. The van der Waals surface area contributed by atoms with Crippen LogP contribution in [-0.4, -0.2) is 53.6 Å². The van der Waals surface area contributed by atoms with E-state index in [2.05, 4.69) is 43.8 Å². The molecular formula is C20H25IN6OS. The molecule has 29 heavy (non-hydrogen) atoms. The van der Waals surface area contributed by atoms with Crippen LogP contribution in [0.1, 0.15) is 11.3 Å². The molecule has 9 heteroatoms. The Morgan fingerprint density at radius 2 is 1.97 bits per heavy atom. The second-order valence-corrected chi connectivity index (χ2v) is 7.66. The number of nitrogens with two attached hydrogens (primary N) is 1. The number of aromatic nitrogens is 2. The molecule has 0 saturated carbocycles. The maximum absolute atomic E-state index is 6.19. The minimum atomic E-state index is 0. The van der Waals surface area contributed by atoms with Gasteiger partial charge in [-0.15, -0.1) is 35.3 Å². The van der Waals surface area contributed by atoms with E-state index in [0.29, 0.717) is 24.8 Å². The van der Waals surface area contributed by atoms with Crippen LogP contribution in [0.2, 0.25) is 0 Å². The van der Waals surface area contributed by atoms with Crippen molar-refractivity contribution in [2.75, 3.05) is 37.6 Å². The Labute approximate surface area is 191 Å². The number of piperazine rings is 1. The van der Waals surface area contributed by atoms with Crippen molar-refractivity contribution in [3.63, 3.8) is 0 Å². The molecule has 0 bridgehead atoms. The number of guanidine groups is 1. The molecule has 2 aromatic heterocycles. The lowest BCUT2D eigenvalue weighted by molar-refractivity contribution is 0.380. The van der Waals surface area contributed by atoms with Crippen molar-refractivity contribution in [2.45, 2.75) is 13.3 Å². The molecule has 0 spiro atoms. The smallest absolute Gasteiger partial charge is 0.226 e. The molecule has 0 atom stereocenters. The van der Waals surface area contributed by atoms with Crippen molar-refractivity contribution in [3.8, 4) is 11.5 Å². The number of thiazole rings is 1. The van der Waals surface area contributed by atoms with Crippen LogP contribution in [0.25, 0.3) is 11.5 Å². The number of benzene rings is 1. The molecule has 0 radical (unpaired) electrons. The van der Waals surface area contributed by atoms with Gasteiger partial charge in [-0.2, -0.15) is 0 Å². The van der Waals surface area contributed by atoms with E-state index >= 15 is 0 Å². The Hall–Kier alpha value is -2.14. The van der Waals surface area contributed by atoms with Gasteiger partial charge in [0.15, 0.2) is 11.1 Å². The lowest BCUT2D eigenvalue weighted by Gasteiger charge is -2.35. The van der Waals surface area contributed by atoms with Gasteiger partial charge in [0.1, 0.15) is 6.26 Å². The van der Waals surface area contributed by atoms with Gasteiger partial charge >= 0.3 is 0 Å². The van der Waals surface area contributed by atoms with Crippen LogP contribution < -0.4 is 10.6 Å². The van der Waals surface area contributed by atoms with Crippen LogP contribution in [0, 0.1) is 6.92 Å². The summed E-state index contributed by atoms with van der Waals surface area (Å²) >= 11 is 1.67. The maximum atomic E-state index is 6.19. The molecule has 7 nitrogen and oxygen atoms in total. The average molecular weight is 524 g/mol. The summed E-state index contributed by atoms with van der Waals surface area (Å²) in [6.45, 7) is 6.19. The van der Waals surface area contributed by atoms with Gasteiger partial charge in [-0.25, -0.2) is 9.97 Å². The van der Waals surface area contributed by atoms with E-state index in [0.717, 1.165) is 42.6 Å². The van der Waals surface area contributed by atoms with Gasteiger partial charge in [-0.1, -0.05) is 17.7 Å². The third-order valence-electron chi connectivity index (χ3n) is 4.79. The summed E-state index contributed by atoms with van der Waals surface area (Å²) in [7, 11) is 0. The zero-order valence-electron chi connectivity index (χ0n) is 16.3. The van der Waals surface area contributed by atoms with Crippen LogP contribution in [-0.2, 0) is 6.42 Å². The highest BCUT2D eigenvalue weighted by atomic mass is 127. The predicted molar refractivity (Wildman–Crippen MR) is 128 cm³/mol. The molecule has 4 rings (SSSR count). The number of hydrogen-bond donors (Lipinski definition) is 1. The first-order valence-corrected chi connectivity index (χ1v) is 10.3. The summed E-state index contributed by atoms with van der Waals surface area (Å²) in [5.74, 6) is 1.24. The van der Waals surface area contributed by atoms with Gasteiger partial charge in [0, 0.05) is 56.3 Å². The Bertz CT molecular complexity index is 917. The van der Waals surface area contributed by atoms with Crippen LogP contribution >= 0.6 is 35.3 Å². The Morgan fingerprint density at radius 1 is 1.21 bits per heavy atom. The minimum absolute atomic E-state index is 0. The molecule has 1 aliphatic heterocycles. The Kier molecular flexibility index (Phi) is 7.48. The van der Waals surface area contributed by atoms with Crippen LogP contribution in [0.5, 0.6) is 0 Å². The van der Waals surface area contributed by atoms with Gasteiger partial charge in [0.2, 0.25) is 5.89 Å². The number of rotatable bonds is 5. The summed E-state index contributed by atoms with van der Waals surface area (Å²) in [6.07, 6.45) is 4.25. The number of aryl methyl sites for hydroxylation is 1. The fraction of sp³-hybridized carbons (Fsp3) is 0.350. The van der Waals surface area contributed by atoms with E-state index in [1.165, 1.54) is 5.56 Å². The highest BCUT2D eigenvalue weighted by molar-refractivity contribution is 14.0. The van der Waals surface area contributed by atoms with Crippen molar-refractivity contribution in [2.24, 2.45) is 10.7 Å². The molecule has 154 valence electrons. The first-order valence-electron chi connectivity index (χ1n) is 9.40. The SMILES string of the molecule is Cc1ccc(-c2nc(CCN=C(N)N3CCN(c4nccs4)CC3)co2)cc1.I. The number of halogens is 1. The van der Waals surface area contributed by atoms with Crippen LogP contribution in [0.4, 0.5) is 5.13 Å². The van der Waals surface area contributed by atoms with Gasteiger partial charge < -0.3 is 20.0 Å². The molecule has 0 amide bonds. The average Bonchev–Trinajstić information content (AvgIpc) is 3.41. The molecule has 0 unspecified atom stereocenters. The monoisotopic (exact) mass is 524 g/mol. The molecule has 1 aromatic carbocycles. The summed E-state index contributed by atoms with van der Waals surface area (Å²) in [6, 6.07) is 8.15. The van der Waals surface area contributed by atoms with E-state index in [9.17, 15) is 0 Å². The maximum Gasteiger partial charge on any atom is 0.226 e. The van der Waals surface area contributed by atoms with Crippen molar-refractivity contribution < 1.29 is 4.42 Å². The van der Waals surface area contributed by atoms with Crippen LogP contribution in [0.3, 0.4) is 0 Å². The second-order valence-electron chi connectivity index (χ2n) is 6.79. The van der Waals surface area contributed by atoms with E-state index in [1.807, 2.05) is 23.7 Å². The van der Waals surface area contributed by atoms with E-state index in [4.69, 9.17) is 10.2 Å². The van der Waals surface area contributed by atoms with Crippen molar-refractivity contribution in [1.29, 1.82) is 0 Å². The molecule has 3 heterocycles. The largest absolute Gasteiger partial charge is 0.444 e. The van der Waals surface area contributed by atoms with Gasteiger partial charge in [0.25, 0.3) is 0 Å². The van der Waals surface area contributed by atoms with Gasteiger partial charge in [-0.3, -0.25) is 4.99 Å². The van der Waals surface area contributed by atoms with Crippen molar-refractivity contribution in [1.82, 2.24) is 14.9 Å². The zero-order valence-corrected chi connectivity index (χ0v) is 19.5. The van der Waals surface area contributed by atoms with E-state index in [1.54, 1.807) is 17.6 Å². The minimum Gasteiger partial charge on any atom is -0.444 e. The third kappa shape index (κ3) is 5.47. The fourth-order valence-corrected chi connectivity index (χ4v) is 3.83. The Balaban J connectivity index is 0.00000240. The standard InChI is InChI=1S/C20H24N6OS.HI/c1-15-2-4-16(5-3-15)18-24-17(14-27-18)6-7-22-19(21)25-9-11-26(12-10-25)20-23-8-13-28-20;/h2-5,8,13-14H,6-7,9-12H2,1H3,(H2,21,22);1H. The predicted octanol–water partition coefficient (Wildman–Crippen LogP) is 3.40. The summed E-state index contributed by atoms with van der Waals surface area (Å²) < 4.78 is 5.60. The highest BCUT2D eigenvalue weighted by Gasteiger charge is 2.19. The number of oxazole rings is 1. The lowest BCUT2D eigenvalue weighted by Crippen LogP contribution is -2.51. The number of aliphatic imine (C=N–C) groups is 1. The topological polar surface area (TPSA) is 83.8 Å². The number of hydrogen-bond acceptors (Lipinski definition) is 6. The quantitative estimate of drug-likeness (QED) is 0.313. The summed E-state index contributed by atoms with van der Waals surface area (Å²) in [5.41, 5.74) is 9.28. The first-order chi connectivity index (χ1) is 13.7. The van der Waals surface area contributed by atoms with Crippen LogP contribution in [0.15, 0.2) is 51.5 Å². The zero-order chi connectivity index (χ0) is 19.3. The van der Waals surface area contributed by atoms with Crippen molar-refractivity contribution in [3.05, 3.63) is 53.4 Å². The lowest BCUT2D eigenvalue weighted by atomic mass is 10.1. The van der Waals surface area contributed by atoms with E-state index < -0.39 is 0 Å². The normalized spacial score (nSPS) is 14.7.